The molecule has 0 saturated carbocycles. The van der Waals surface area contributed by atoms with Crippen molar-refractivity contribution in [3.63, 3.8) is 0 Å². The second-order valence-corrected chi connectivity index (χ2v) is 5.27. The zero-order valence-electron chi connectivity index (χ0n) is 11.5. The van der Waals surface area contributed by atoms with Crippen LogP contribution in [-0.4, -0.2) is 18.5 Å². The number of carbonyl (C=O) groups is 1. The van der Waals surface area contributed by atoms with Crippen molar-refractivity contribution in [3.05, 3.63) is 34.9 Å². The first-order chi connectivity index (χ1) is 9.13. The van der Waals surface area contributed by atoms with Gasteiger partial charge in [0.05, 0.1) is 0 Å². The standard InChI is InChI=1S/C15H23ClN2O/c1-12(11-13-7-4-5-8-14(13)16)18-15(19)9-3-2-6-10-17/h4-5,7-8,12H,2-3,6,9-11,17H2,1H3,(H,18,19). The van der Waals surface area contributed by atoms with Crippen LogP contribution in [0.2, 0.25) is 5.02 Å². The molecule has 19 heavy (non-hydrogen) atoms. The van der Waals surface area contributed by atoms with Crippen LogP contribution in [0.1, 0.15) is 38.2 Å². The summed E-state index contributed by atoms with van der Waals surface area (Å²) < 4.78 is 0. The summed E-state index contributed by atoms with van der Waals surface area (Å²) in [6.07, 6.45) is 4.24. The maximum absolute atomic E-state index is 11.7. The van der Waals surface area contributed by atoms with Gasteiger partial charge in [0.15, 0.2) is 0 Å². The molecule has 0 fully saturated rings. The van der Waals surface area contributed by atoms with E-state index in [0.29, 0.717) is 13.0 Å². The van der Waals surface area contributed by atoms with Gasteiger partial charge in [0.2, 0.25) is 5.91 Å². The third kappa shape index (κ3) is 6.60. The molecule has 1 amide bonds. The molecule has 1 rings (SSSR count). The number of unbranched alkanes of at least 4 members (excludes halogenated alkanes) is 2. The first kappa shape index (κ1) is 16.0. The maximum atomic E-state index is 11.7. The Morgan fingerprint density at radius 3 is 2.74 bits per heavy atom. The van der Waals surface area contributed by atoms with E-state index in [0.717, 1.165) is 36.3 Å². The third-order valence-corrected chi connectivity index (χ3v) is 3.37. The number of benzene rings is 1. The minimum Gasteiger partial charge on any atom is -0.353 e. The summed E-state index contributed by atoms with van der Waals surface area (Å²) in [5.74, 6) is 0.108. The molecule has 1 aromatic rings. The molecule has 0 heterocycles. The highest BCUT2D eigenvalue weighted by Crippen LogP contribution is 2.16. The van der Waals surface area contributed by atoms with Crippen LogP contribution in [0, 0.1) is 0 Å². The topological polar surface area (TPSA) is 55.1 Å². The van der Waals surface area contributed by atoms with E-state index in [1.165, 1.54) is 0 Å². The van der Waals surface area contributed by atoms with E-state index in [4.69, 9.17) is 17.3 Å². The van der Waals surface area contributed by atoms with Gasteiger partial charge in [-0.1, -0.05) is 36.2 Å². The van der Waals surface area contributed by atoms with Crippen molar-refractivity contribution in [3.8, 4) is 0 Å². The molecule has 1 unspecified atom stereocenters. The van der Waals surface area contributed by atoms with Crippen molar-refractivity contribution in [2.75, 3.05) is 6.54 Å². The Bertz CT molecular complexity index is 395. The second kappa shape index (κ2) is 8.94. The van der Waals surface area contributed by atoms with Gasteiger partial charge in [0.1, 0.15) is 0 Å². The Labute approximate surface area is 120 Å². The maximum Gasteiger partial charge on any atom is 0.220 e. The van der Waals surface area contributed by atoms with Gasteiger partial charge in [-0.05, 0) is 44.4 Å². The molecule has 3 nitrogen and oxygen atoms in total. The van der Waals surface area contributed by atoms with Gasteiger partial charge in [-0.25, -0.2) is 0 Å². The van der Waals surface area contributed by atoms with Gasteiger partial charge in [0.25, 0.3) is 0 Å². The smallest absolute Gasteiger partial charge is 0.220 e. The molecule has 1 atom stereocenters. The zero-order valence-corrected chi connectivity index (χ0v) is 12.2. The lowest BCUT2D eigenvalue weighted by Gasteiger charge is -2.14. The van der Waals surface area contributed by atoms with E-state index in [1.807, 2.05) is 31.2 Å². The lowest BCUT2D eigenvalue weighted by atomic mass is 10.1. The number of carbonyl (C=O) groups excluding carboxylic acids is 1. The van der Waals surface area contributed by atoms with Gasteiger partial charge in [-0.2, -0.15) is 0 Å². The van der Waals surface area contributed by atoms with Crippen molar-refractivity contribution in [2.45, 2.75) is 45.1 Å². The summed E-state index contributed by atoms with van der Waals surface area (Å²) in [5, 5.41) is 3.76. The van der Waals surface area contributed by atoms with Crippen molar-refractivity contribution in [1.82, 2.24) is 5.32 Å². The van der Waals surface area contributed by atoms with Crippen LogP contribution in [0.5, 0.6) is 0 Å². The molecule has 1 aromatic carbocycles. The molecule has 0 aromatic heterocycles. The van der Waals surface area contributed by atoms with Gasteiger partial charge in [0, 0.05) is 17.5 Å². The van der Waals surface area contributed by atoms with Gasteiger partial charge in [-0.15, -0.1) is 0 Å². The van der Waals surface area contributed by atoms with Gasteiger partial charge in [-0.3, -0.25) is 4.79 Å². The molecule has 0 aliphatic rings. The summed E-state index contributed by atoms with van der Waals surface area (Å²) in [4.78, 5) is 11.7. The minimum atomic E-state index is 0.0990. The van der Waals surface area contributed by atoms with Crippen LogP contribution in [0.15, 0.2) is 24.3 Å². The van der Waals surface area contributed by atoms with Crippen LogP contribution in [0.25, 0.3) is 0 Å². The number of hydrogen-bond donors (Lipinski definition) is 2. The van der Waals surface area contributed by atoms with E-state index in [2.05, 4.69) is 5.32 Å². The van der Waals surface area contributed by atoms with E-state index >= 15 is 0 Å². The fourth-order valence-corrected chi connectivity index (χ4v) is 2.21. The second-order valence-electron chi connectivity index (χ2n) is 4.86. The van der Waals surface area contributed by atoms with E-state index in [9.17, 15) is 4.79 Å². The van der Waals surface area contributed by atoms with Crippen LogP contribution in [-0.2, 0) is 11.2 Å². The van der Waals surface area contributed by atoms with Crippen molar-refractivity contribution in [2.24, 2.45) is 5.73 Å². The highest BCUT2D eigenvalue weighted by atomic mass is 35.5. The Hall–Kier alpha value is -1.06. The van der Waals surface area contributed by atoms with E-state index in [-0.39, 0.29) is 11.9 Å². The average molecular weight is 283 g/mol. The van der Waals surface area contributed by atoms with Crippen molar-refractivity contribution < 1.29 is 4.79 Å². The molecule has 3 N–H and O–H groups in total. The summed E-state index contributed by atoms with van der Waals surface area (Å²) in [5.41, 5.74) is 6.48. The molecular formula is C15H23ClN2O. The first-order valence-corrected chi connectivity index (χ1v) is 7.24. The molecule has 0 bridgehead atoms. The fraction of sp³-hybridized carbons (Fsp3) is 0.533. The monoisotopic (exact) mass is 282 g/mol. The molecule has 0 radical (unpaired) electrons. The largest absolute Gasteiger partial charge is 0.353 e. The quantitative estimate of drug-likeness (QED) is 0.720. The summed E-state index contributed by atoms with van der Waals surface area (Å²) in [6, 6.07) is 7.83. The number of nitrogens with two attached hydrogens (primary N) is 1. The summed E-state index contributed by atoms with van der Waals surface area (Å²) >= 11 is 6.10. The van der Waals surface area contributed by atoms with Crippen molar-refractivity contribution in [1.29, 1.82) is 0 Å². The lowest BCUT2D eigenvalue weighted by molar-refractivity contribution is -0.121. The molecule has 4 heteroatoms. The molecule has 0 aliphatic heterocycles. The Morgan fingerprint density at radius 2 is 2.05 bits per heavy atom. The number of nitrogens with one attached hydrogen (secondary N) is 1. The molecule has 0 spiro atoms. The van der Waals surface area contributed by atoms with E-state index in [1.54, 1.807) is 0 Å². The lowest BCUT2D eigenvalue weighted by Crippen LogP contribution is -2.33. The number of rotatable bonds is 8. The molecule has 0 saturated heterocycles. The van der Waals surface area contributed by atoms with Crippen LogP contribution in [0.4, 0.5) is 0 Å². The third-order valence-electron chi connectivity index (χ3n) is 3.00. The predicted octanol–water partition coefficient (Wildman–Crippen LogP) is 2.91. The normalized spacial score (nSPS) is 12.2. The number of hydrogen-bond acceptors (Lipinski definition) is 2. The zero-order chi connectivity index (χ0) is 14.1. The molecular weight excluding hydrogens is 260 g/mol. The predicted molar refractivity (Wildman–Crippen MR) is 80.3 cm³/mol. The van der Waals surface area contributed by atoms with Gasteiger partial charge < -0.3 is 11.1 Å². The molecule has 0 aliphatic carbocycles. The number of amides is 1. The Balaban J connectivity index is 2.29. The SMILES string of the molecule is CC(Cc1ccccc1Cl)NC(=O)CCCCCN. The molecule has 106 valence electrons. The first-order valence-electron chi connectivity index (χ1n) is 6.86. The Morgan fingerprint density at radius 1 is 1.32 bits per heavy atom. The fourth-order valence-electron chi connectivity index (χ4n) is 2.00. The van der Waals surface area contributed by atoms with Crippen molar-refractivity contribution >= 4 is 17.5 Å². The highest BCUT2D eigenvalue weighted by molar-refractivity contribution is 6.31. The Kier molecular flexibility index (Phi) is 7.53. The average Bonchev–Trinajstić information content (AvgIpc) is 2.37. The van der Waals surface area contributed by atoms with Crippen LogP contribution >= 0.6 is 11.6 Å². The van der Waals surface area contributed by atoms with Crippen LogP contribution < -0.4 is 11.1 Å². The minimum absolute atomic E-state index is 0.0990. The highest BCUT2D eigenvalue weighted by Gasteiger charge is 2.09. The summed E-state index contributed by atoms with van der Waals surface area (Å²) in [7, 11) is 0. The van der Waals surface area contributed by atoms with Crippen LogP contribution in [0.3, 0.4) is 0 Å². The van der Waals surface area contributed by atoms with E-state index < -0.39 is 0 Å². The van der Waals surface area contributed by atoms with Gasteiger partial charge >= 0.3 is 0 Å². The number of halogens is 1. The summed E-state index contributed by atoms with van der Waals surface area (Å²) in [6.45, 7) is 2.70.